The van der Waals surface area contributed by atoms with Crippen molar-refractivity contribution in [3.05, 3.63) is 28.3 Å². The summed E-state index contributed by atoms with van der Waals surface area (Å²) in [7, 11) is -2.14. The number of aliphatic hydroxyl groups is 1. The second kappa shape index (κ2) is 5.35. The zero-order chi connectivity index (χ0) is 16.8. The molecule has 10 nitrogen and oxygen atoms in total. The first-order valence-electron chi connectivity index (χ1n) is 6.64. The lowest BCUT2D eigenvalue weighted by molar-refractivity contribution is 0.0600. The fourth-order valence-electron chi connectivity index (χ4n) is 2.51. The summed E-state index contributed by atoms with van der Waals surface area (Å²) >= 11 is 0. The van der Waals surface area contributed by atoms with E-state index in [-0.39, 0.29) is 28.3 Å². The van der Waals surface area contributed by atoms with Crippen molar-refractivity contribution in [1.82, 2.24) is 14.9 Å². The van der Waals surface area contributed by atoms with Gasteiger partial charge in [-0.3, -0.25) is 9.47 Å². The summed E-state index contributed by atoms with van der Waals surface area (Å²) in [5, 5.41) is 15.8. The fraction of sp³-hybridized carbons (Fsp3) is 0.417. The third-order valence-electron chi connectivity index (χ3n) is 3.60. The molecule has 0 aromatic carbocycles. The number of hydrogen-bond donors (Lipinski definition) is 3. The second-order valence-electron chi connectivity index (χ2n) is 5.27. The quantitative estimate of drug-likeness (QED) is 0.552. The number of sulfone groups is 1. The molecule has 1 saturated heterocycles. The number of nitrogens with zero attached hydrogens (tertiary/aromatic N) is 2. The van der Waals surface area contributed by atoms with E-state index in [1.54, 1.807) is 0 Å². The molecule has 0 saturated carbocycles. The number of aliphatic hydroxyl groups excluding tert-OH is 1. The maximum absolute atomic E-state index is 11.8. The Hall–Kier alpha value is -2.40. The average molecular weight is 342 g/mol. The summed E-state index contributed by atoms with van der Waals surface area (Å²) in [6.07, 6.45) is 1.61. The lowest BCUT2D eigenvalue weighted by Crippen LogP contribution is -2.37. The second-order valence-corrected chi connectivity index (χ2v) is 7.42. The Labute approximate surface area is 130 Å². The Morgan fingerprint density at radius 3 is 2.83 bits per heavy atom. The molecule has 3 heterocycles. The molecule has 0 unspecified atom stereocenters. The smallest absolute Gasteiger partial charge is 0.341 e. The number of pyridine rings is 1. The van der Waals surface area contributed by atoms with Crippen molar-refractivity contribution in [1.29, 1.82) is 0 Å². The van der Waals surface area contributed by atoms with E-state index in [1.807, 2.05) is 0 Å². The van der Waals surface area contributed by atoms with Crippen molar-refractivity contribution < 1.29 is 23.1 Å². The molecule has 0 spiro atoms. The highest BCUT2D eigenvalue weighted by Crippen LogP contribution is 2.21. The summed E-state index contributed by atoms with van der Waals surface area (Å²) < 4.78 is 29.0. The molecule has 0 aromatic rings. The number of nitrogens with one attached hydrogen (secondary N) is 2. The van der Waals surface area contributed by atoms with E-state index in [0.717, 1.165) is 0 Å². The third kappa shape index (κ3) is 2.80. The molecule has 23 heavy (non-hydrogen) atoms. The highest BCUT2D eigenvalue weighted by atomic mass is 32.2. The van der Waals surface area contributed by atoms with Crippen LogP contribution in [0.2, 0.25) is 0 Å². The normalized spacial score (nSPS) is 23.0. The molecule has 3 aliphatic heterocycles. The number of aromatic nitrogens is 3. The zero-order valence-corrected chi connectivity index (χ0v) is 12.8. The summed E-state index contributed by atoms with van der Waals surface area (Å²) in [5.74, 6) is -1.28. The summed E-state index contributed by atoms with van der Waals surface area (Å²) in [5.41, 5.74) is 2.60. The van der Waals surface area contributed by atoms with Crippen LogP contribution in [0, 0.1) is 0 Å². The van der Waals surface area contributed by atoms with Gasteiger partial charge in [0.25, 0.3) is 5.56 Å². The van der Waals surface area contributed by atoms with Gasteiger partial charge in [-0.25, -0.2) is 18.3 Å². The van der Waals surface area contributed by atoms with E-state index < -0.39 is 33.5 Å². The Balaban J connectivity index is 2.01. The van der Waals surface area contributed by atoms with Crippen LogP contribution in [0.5, 0.6) is 0 Å². The molecule has 0 aromatic heterocycles. The molecule has 1 fully saturated rings. The molecule has 3 aliphatic rings. The van der Waals surface area contributed by atoms with E-state index in [2.05, 4.69) is 20.4 Å². The van der Waals surface area contributed by atoms with Crippen LogP contribution in [0.3, 0.4) is 0 Å². The van der Waals surface area contributed by atoms with Crippen LogP contribution in [-0.4, -0.2) is 65.1 Å². The van der Waals surface area contributed by atoms with E-state index in [4.69, 9.17) is 0 Å². The van der Waals surface area contributed by atoms with Gasteiger partial charge in [-0.2, -0.15) is 5.10 Å². The minimum Gasteiger partial charge on any atom is -0.465 e. The Bertz CT molecular complexity index is 885. The van der Waals surface area contributed by atoms with Crippen molar-refractivity contribution in [2.24, 2.45) is 0 Å². The van der Waals surface area contributed by atoms with Crippen LogP contribution >= 0.6 is 0 Å². The van der Waals surface area contributed by atoms with Gasteiger partial charge in [0.15, 0.2) is 9.84 Å². The number of ether oxygens (including phenoxy) is 1. The number of esters is 1. The first-order chi connectivity index (χ1) is 10.8. The van der Waals surface area contributed by atoms with Crippen LogP contribution in [0.1, 0.15) is 10.4 Å². The predicted octanol–water partition coefficient (Wildman–Crippen LogP) is -1.84. The number of H-pyrrole nitrogens is 1. The Morgan fingerprint density at radius 2 is 2.22 bits per heavy atom. The summed E-state index contributed by atoms with van der Waals surface area (Å²) in [6, 6.07) is -0.755. The molecule has 0 radical (unpaired) electrons. The molecule has 124 valence electrons. The number of hydrogen-bond acceptors (Lipinski definition) is 8. The van der Waals surface area contributed by atoms with Gasteiger partial charge in [0.05, 0.1) is 36.3 Å². The van der Waals surface area contributed by atoms with Crippen molar-refractivity contribution >= 4 is 15.8 Å². The maximum atomic E-state index is 11.8. The largest absolute Gasteiger partial charge is 0.465 e. The Kier molecular flexibility index (Phi) is 3.60. The number of carbonyl (C=O) groups is 1. The van der Waals surface area contributed by atoms with Gasteiger partial charge in [-0.1, -0.05) is 0 Å². The lowest BCUT2D eigenvalue weighted by atomic mass is 10.1. The topological polar surface area (TPSA) is 143 Å². The summed E-state index contributed by atoms with van der Waals surface area (Å²) in [4.78, 5) is 23.6. The third-order valence-corrected chi connectivity index (χ3v) is 5.32. The zero-order valence-electron chi connectivity index (χ0n) is 12.0. The highest BCUT2D eigenvalue weighted by Gasteiger charge is 2.37. The first kappa shape index (κ1) is 15.5. The molecule has 0 aliphatic carbocycles. The van der Waals surface area contributed by atoms with E-state index >= 15 is 0 Å². The number of carbonyl (C=O) groups excluding carboxylic acids is 1. The van der Waals surface area contributed by atoms with Crippen LogP contribution in [-0.2, 0) is 14.6 Å². The van der Waals surface area contributed by atoms with Crippen molar-refractivity contribution in [2.75, 3.05) is 24.0 Å². The SMILES string of the molecule is COC(=O)c1cn(N[C@H]2CS(=O)(=O)C[C@H]2O)cc2c(=O)[nH]nc1-2. The number of rotatable bonds is 3. The first-order valence-corrected chi connectivity index (χ1v) is 8.46. The minimum atomic E-state index is -3.33. The number of aromatic amines is 1. The van der Waals surface area contributed by atoms with Gasteiger partial charge in [0.1, 0.15) is 11.3 Å². The summed E-state index contributed by atoms with van der Waals surface area (Å²) in [6.45, 7) is 0. The molecular formula is C12H14N4O6S. The van der Waals surface area contributed by atoms with Gasteiger partial charge in [0.2, 0.25) is 0 Å². The number of methoxy groups -OCH3 is 1. The minimum absolute atomic E-state index is 0.0335. The molecule has 11 heteroatoms. The van der Waals surface area contributed by atoms with Crippen LogP contribution in [0.25, 0.3) is 11.3 Å². The van der Waals surface area contributed by atoms with E-state index in [0.29, 0.717) is 0 Å². The predicted molar refractivity (Wildman–Crippen MR) is 78.6 cm³/mol. The van der Waals surface area contributed by atoms with Crippen LogP contribution in [0.4, 0.5) is 0 Å². The standard InChI is InChI=1S/C12H14N4O6S/c1-22-12(19)7-3-16(2-6-10(7)13-14-11(6)18)15-8-4-23(20,21)5-9(8)17/h2-3,8-9,15,17H,4-5H2,1H3,(H,14,18)/t8-,9+/m0/s1. The molecule has 3 rings (SSSR count). The van der Waals surface area contributed by atoms with Crippen molar-refractivity contribution in [3.63, 3.8) is 0 Å². The average Bonchev–Trinajstić information content (AvgIpc) is 2.97. The van der Waals surface area contributed by atoms with Gasteiger partial charge >= 0.3 is 5.97 Å². The monoisotopic (exact) mass is 342 g/mol. The Morgan fingerprint density at radius 1 is 1.48 bits per heavy atom. The van der Waals surface area contributed by atoms with E-state index in [1.165, 1.54) is 24.2 Å². The molecular weight excluding hydrogens is 328 g/mol. The number of fused-ring (bicyclic) bond motifs is 1. The van der Waals surface area contributed by atoms with Gasteiger partial charge < -0.3 is 15.3 Å². The van der Waals surface area contributed by atoms with Crippen LogP contribution in [0.15, 0.2) is 17.2 Å². The van der Waals surface area contributed by atoms with Gasteiger partial charge in [-0.05, 0) is 0 Å². The highest BCUT2D eigenvalue weighted by molar-refractivity contribution is 7.91. The molecule has 0 bridgehead atoms. The van der Waals surface area contributed by atoms with Crippen molar-refractivity contribution in [3.8, 4) is 11.3 Å². The molecule has 0 amide bonds. The van der Waals surface area contributed by atoms with Crippen LogP contribution < -0.4 is 11.0 Å². The fourth-order valence-corrected chi connectivity index (χ4v) is 4.25. The van der Waals surface area contributed by atoms with Gasteiger partial charge in [-0.15, -0.1) is 0 Å². The lowest BCUT2D eigenvalue weighted by Gasteiger charge is -2.20. The molecule has 3 N–H and O–H groups in total. The van der Waals surface area contributed by atoms with Gasteiger partial charge in [0, 0.05) is 12.4 Å². The van der Waals surface area contributed by atoms with Crippen molar-refractivity contribution in [2.45, 2.75) is 12.1 Å². The maximum Gasteiger partial charge on any atom is 0.341 e. The van der Waals surface area contributed by atoms with E-state index in [9.17, 15) is 23.1 Å². The molecule has 2 atom stereocenters.